The first-order chi connectivity index (χ1) is 11.4. The minimum absolute atomic E-state index is 0.210. The molecule has 0 radical (unpaired) electrons. The molecule has 0 atom stereocenters. The quantitative estimate of drug-likeness (QED) is 0.763. The standard InChI is InChI=1S/C19H29N3O2/c1-6-23-17-9-7-8-15(10-17)18-21-16(12-24-18)11-20-13-19(2,3)14-22(4)5/h7-10,12,20H,6,11,13-14H2,1-5H3. The van der Waals surface area contributed by atoms with Crippen LogP contribution in [0, 0.1) is 5.41 Å². The summed E-state index contributed by atoms with van der Waals surface area (Å²) in [7, 11) is 4.20. The van der Waals surface area contributed by atoms with E-state index >= 15 is 0 Å². The molecule has 5 heteroatoms. The summed E-state index contributed by atoms with van der Waals surface area (Å²) in [5.74, 6) is 1.46. The lowest BCUT2D eigenvalue weighted by Crippen LogP contribution is -2.37. The highest BCUT2D eigenvalue weighted by Gasteiger charge is 2.18. The molecule has 0 fully saturated rings. The number of rotatable bonds is 9. The van der Waals surface area contributed by atoms with Crippen LogP contribution < -0.4 is 10.1 Å². The number of benzene rings is 1. The third kappa shape index (κ3) is 5.65. The van der Waals surface area contributed by atoms with Crippen LogP contribution in [0.2, 0.25) is 0 Å². The van der Waals surface area contributed by atoms with Gasteiger partial charge >= 0.3 is 0 Å². The summed E-state index contributed by atoms with van der Waals surface area (Å²) >= 11 is 0. The summed E-state index contributed by atoms with van der Waals surface area (Å²) in [5, 5.41) is 3.47. The van der Waals surface area contributed by atoms with Crippen LogP contribution in [0.15, 0.2) is 34.9 Å². The van der Waals surface area contributed by atoms with E-state index in [1.807, 2.05) is 31.2 Å². The Balaban J connectivity index is 1.92. The van der Waals surface area contributed by atoms with Crippen LogP contribution >= 0.6 is 0 Å². The number of oxazole rings is 1. The van der Waals surface area contributed by atoms with Gasteiger partial charge in [0.15, 0.2) is 0 Å². The molecule has 0 unspecified atom stereocenters. The second kappa shape index (κ2) is 8.31. The normalized spacial score (nSPS) is 11.9. The van der Waals surface area contributed by atoms with Crippen LogP contribution in [-0.2, 0) is 6.54 Å². The van der Waals surface area contributed by atoms with Crippen molar-refractivity contribution in [2.45, 2.75) is 27.3 Å². The molecule has 1 heterocycles. The topological polar surface area (TPSA) is 50.5 Å². The van der Waals surface area contributed by atoms with Gasteiger partial charge in [0.1, 0.15) is 12.0 Å². The van der Waals surface area contributed by atoms with E-state index < -0.39 is 0 Å². The molecule has 0 aliphatic rings. The molecule has 0 saturated carbocycles. The molecule has 2 rings (SSSR count). The van der Waals surface area contributed by atoms with Gasteiger partial charge in [-0.3, -0.25) is 0 Å². The Morgan fingerprint density at radius 1 is 1.29 bits per heavy atom. The van der Waals surface area contributed by atoms with Gasteiger partial charge in [0.25, 0.3) is 0 Å². The zero-order valence-electron chi connectivity index (χ0n) is 15.4. The lowest BCUT2D eigenvalue weighted by atomic mass is 9.93. The highest BCUT2D eigenvalue weighted by molar-refractivity contribution is 5.56. The third-order valence-electron chi connectivity index (χ3n) is 3.60. The number of hydrogen-bond acceptors (Lipinski definition) is 5. The van der Waals surface area contributed by atoms with Crippen LogP contribution in [0.3, 0.4) is 0 Å². The molecule has 0 aliphatic carbocycles. The van der Waals surface area contributed by atoms with E-state index in [1.54, 1.807) is 6.26 Å². The van der Waals surface area contributed by atoms with Crippen molar-refractivity contribution >= 4 is 0 Å². The van der Waals surface area contributed by atoms with E-state index in [1.165, 1.54) is 0 Å². The summed E-state index contributed by atoms with van der Waals surface area (Å²) in [6.07, 6.45) is 1.72. The van der Waals surface area contributed by atoms with Gasteiger partial charge < -0.3 is 19.4 Å². The first-order valence-corrected chi connectivity index (χ1v) is 8.43. The summed E-state index contributed by atoms with van der Waals surface area (Å²) in [6, 6.07) is 7.82. The molecule has 0 saturated heterocycles. The van der Waals surface area contributed by atoms with Crippen molar-refractivity contribution in [3.05, 3.63) is 36.2 Å². The lowest BCUT2D eigenvalue weighted by Gasteiger charge is -2.28. The van der Waals surface area contributed by atoms with Gasteiger partial charge in [0, 0.05) is 25.2 Å². The van der Waals surface area contributed by atoms with E-state index in [2.05, 4.69) is 43.1 Å². The Morgan fingerprint density at radius 2 is 2.08 bits per heavy atom. The Morgan fingerprint density at radius 3 is 2.79 bits per heavy atom. The van der Waals surface area contributed by atoms with Gasteiger partial charge in [-0.05, 0) is 44.6 Å². The molecular formula is C19H29N3O2. The van der Waals surface area contributed by atoms with Crippen LogP contribution in [0.5, 0.6) is 5.75 Å². The van der Waals surface area contributed by atoms with E-state index in [-0.39, 0.29) is 5.41 Å². The maximum absolute atomic E-state index is 5.62. The van der Waals surface area contributed by atoms with Crippen LogP contribution in [0.1, 0.15) is 26.5 Å². The van der Waals surface area contributed by atoms with E-state index in [0.29, 0.717) is 19.0 Å². The summed E-state index contributed by atoms with van der Waals surface area (Å²) in [6.45, 7) is 9.79. The summed E-state index contributed by atoms with van der Waals surface area (Å²) < 4.78 is 11.1. The molecule has 1 aromatic heterocycles. The lowest BCUT2D eigenvalue weighted by molar-refractivity contribution is 0.232. The maximum atomic E-state index is 5.62. The molecule has 5 nitrogen and oxygen atoms in total. The van der Waals surface area contributed by atoms with Crippen LogP contribution in [0.4, 0.5) is 0 Å². The largest absolute Gasteiger partial charge is 0.494 e. The number of hydrogen-bond donors (Lipinski definition) is 1. The molecule has 132 valence electrons. The van der Waals surface area contributed by atoms with Crippen molar-refractivity contribution in [1.29, 1.82) is 0 Å². The fourth-order valence-corrected chi connectivity index (χ4v) is 2.85. The number of nitrogens with zero attached hydrogens (tertiary/aromatic N) is 2. The average molecular weight is 331 g/mol. The van der Waals surface area contributed by atoms with Crippen molar-refractivity contribution in [1.82, 2.24) is 15.2 Å². The minimum Gasteiger partial charge on any atom is -0.494 e. The molecule has 1 aromatic carbocycles. The summed E-state index contributed by atoms with van der Waals surface area (Å²) in [4.78, 5) is 6.78. The summed E-state index contributed by atoms with van der Waals surface area (Å²) in [5.41, 5.74) is 2.05. The van der Waals surface area contributed by atoms with Crippen molar-refractivity contribution < 1.29 is 9.15 Å². The zero-order valence-corrected chi connectivity index (χ0v) is 15.4. The van der Waals surface area contributed by atoms with Gasteiger partial charge in [-0.1, -0.05) is 19.9 Å². The molecule has 0 aliphatic heterocycles. The van der Waals surface area contributed by atoms with E-state index in [0.717, 1.165) is 30.1 Å². The SMILES string of the molecule is CCOc1cccc(-c2nc(CNCC(C)(C)CN(C)C)co2)c1. The van der Waals surface area contributed by atoms with Crippen molar-refractivity contribution in [3.8, 4) is 17.2 Å². The minimum atomic E-state index is 0.210. The van der Waals surface area contributed by atoms with E-state index in [4.69, 9.17) is 9.15 Å². The highest BCUT2D eigenvalue weighted by Crippen LogP contribution is 2.23. The van der Waals surface area contributed by atoms with Crippen molar-refractivity contribution in [2.24, 2.45) is 5.41 Å². The molecular weight excluding hydrogens is 302 g/mol. The molecule has 1 N–H and O–H groups in total. The van der Waals surface area contributed by atoms with Gasteiger partial charge in [0.2, 0.25) is 5.89 Å². The second-order valence-corrected chi connectivity index (χ2v) is 7.11. The Kier molecular flexibility index (Phi) is 6.40. The smallest absolute Gasteiger partial charge is 0.226 e. The van der Waals surface area contributed by atoms with Crippen LogP contribution in [0.25, 0.3) is 11.5 Å². The fourth-order valence-electron chi connectivity index (χ4n) is 2.85. The second-order valence-electron chi connectivity index (χ2n) is 7.11. The maximum Gasteiger partial charge on any atom is 0.226 e. The predicted molar refractivity (Wildman–Crippen MR) is 97.1 cm³/mol. The Hall–Kier alpha value is -1.85. The van der Waals surface area contributed by atoms with Gasteiger partial charge in [-0.25, -0.2) is 4.98 Å². The van der Waals surface area contributed by atoms with Gasteiger partial charge in [-0.15, -0.1) is 0 Å². The Labute approximate surface area is 145 Å². The number of nitrogens with one attached hydrogen (secondary N) is 1. The molecule has 0 amide bonds. The van der Waals surface area contributed by atoms with Gasteiger partial charge in [0.05, 0.1) is 12.3 Å². The Bertz CT molecular complexity index is 635. The van der Waals surface area contributed by atoms with Crippen LogP contribution in [-0.4, -0.2) is 43.7 Å². The molecule has 0 spiro atoms. The van der Waals surface area contributed by atoms with E-state index in [9.17, 15) is 0 Å². The molecule has 2 aromatic rings. The van der Waals surface area contributed by atoms with Crippen molar-refractivity contribution in [3.63, 3.8) is 0 Å². The first-order valence-electron chi connectivity index (χ1n) is 8.43. The fraction of sp³-hybridized carbons (Fsp3) is 0.526. The predicted octanol–water partition coefficient (Wildman–Crippen LogP) is 3.42. The average Bonchev–Trinajstić information content (AvgIpc) is 2.95. The molecule has 24 heavy (non-hydrogen) atoms. The third-order valence-corrected chi connectivity index (χ3v) is 3.60. The number of ether oxygens (including phenoxy) is 1. The molecule has 0 bridgehead atoms. The number of aromatic nitrogens is 1. The highest BCUT2D eigenvalue weighted by atomic mass is 16.5. The van der Waals surface area contributed by atoms with Crippen molar-refractivity contribution in [2.75, 3.05) is 33.8 Å². The zero-order chi connectivity index (χ0) is 17.6. The van der Waals surface area contributed by atoms with Gasteiger partial charge in [-0.2, -0.15) is 0 Å². The first kappa shape index (κ1) is 18.5. The monoisotopic (exact) mass is 331 g/mol.